The number of hydrogen-bond donors (Lipinski definition) is 0. The fraction of sp³-hybridized carbons (Fsp3) is 0.0556. The van der Waals surface area contributed by atoms with Gasteiger partial charge in [0, 0.05) is 5.56 Å². The number of benzene rings is 2. The molecule has 25 heavy (non-hydrogen) atoms. The van der Waals surface area contributed by atoms with E-state index in [9.17, 15) is 23.2 Å². The molecule has 0 unspecified atom stereocenters. The summed E-state index contributed by atoms with van der Waals surface area (Å²) < 4.78 is 26.1. The molecular weight excluding hydrogens is 348 g/mol. The molecular formula is C18H11F2NO3S. The Labute approximate surface area is 146 Å². The largest absolute Gasteiger partial charge is 0.293 e. The summed E-state index contributed by atoms with van der Waals surface area (Å²) in [6.45, 7) is -0.434. The molecule has 1 fully saturated rings. The van der Waals surface area contributed by atoms with Crippen molar-refractivity contribution in [2.45, 2.75) is 0 Å². The number of imide groups is 1. The monoisotopic (exact) mass is 359 g/mol. The summed E-state index contributed by atoms with van der Waals surface area (Å²) in [7, 11) is 0. The molecule has 4 nitrogen and oxygen atoms in total. The standard InChI is InChI=1S/C18H11F2NO3S/c19-13-6-4-12(5-7-13)15(22)10-21-17(23)16(25-18(21)24)9-11-2-1-3-14(20)8-11/h1-9H,10H2/b16-9+. The van der Waals surface area contributed by atoms with Crippen LogP contribution in [0, 0.1) is 11.6 Å². The number of halogens is 2. The first-order chi connectivity index (χ1) is 11.9. The van der Waals surface area contributed by atoms with Crippen LogP contribution in [-0.4, -0.2) is 28.4 Å². The lowest BCUT2D eigenvalue weighted by molar-refractivity contribution is -0.122. The van der Waals surface area contributed by atoms with E-state index in [1.165, 1.54) is 36.4 Å². The van der Waals surface area contributed by atoms with Crippen LogP contribution in [0.3, 0.4) is 0 Å². The Kier molecular flexibility index (Phi) is 4.76. The minimum Gasteiger partial charge on any atom is -0.292 e. The first-order valence-electron chi connectivity index (χ1n) is 7.24. The van der Waals surface area contributed by atoms with Gasteiger partial charge in [0.2, 0.25) is 0 Å². The van der Waals surface area contributed by atoms with Gasteiger partial charge >= 0.3 is 0 Å². The van der Waals surface area contributed by atoms with Crippen molar-refractivity contribution in [1.82, 2.24) is 4.90 Å². The summed E-state index contributed by atoms with van der Waals surface area (Å²) in [5.74, 6) is -2.04. The molecule has 2 aromatic rings. The van der Waals surface area contributed by atoms with E-state index in [-0.39, 0.29) is 10.5 Å². The van der Waals surface area contributed by atoms with Gasteiger partial charge in [-0.2, -0.15) is 0 Å². The van der Waals surface area contributed by atoms with Crippen molar-refractivity contribution in [1.29, 1.82) is 0 Å². The summed E-state index contributed by atoms with van der Waals surface area (Å²) in [5, 5.41) is -0.580. The molecule has 2 amide bonds. The quantitative estimate of drug-likeness (QED) is 0.614. The van der Waals surface area contributed by atoms with E-state index in [4.69, 9.17) is 0 Å². The molecule has 2 aromatic carbocycles. The number of rotatable bonds is 4. The maximum Gasteiger partial charge on any atom is 0.293 e. The van der Waals surface area contributed by atoms with Gasteiger partial charge in [-0.25, -0.2) is 8.78 Å². The second kappa shape index (κ2) is 6.98. The molecule has 0 spiro atoms. The van der Waals surface area contributed by atoms with Gasteiger partial charge in [0.15, 0.2) is 5.78 Å². The van der Waals surface area contributed by atoms with Crippen molar-refractivity contribution in [2.24, 2.45) is 0 Å². The van der Waals surface area contributed by atoms with E-state index in [0.29, 0.717) is 17.3 Å². The van der Waals surface area contributed by atoms with Gasteiger partial charge in [0.1, 0.15) is 11.6 Å². The third-order valence-corrected chi connectivity index (χ3v) is 4.40. The van der Waals surface area contributed by atoms with Gasteiger partial charge in [-0.3, -0.25) is 19.3 Å². The van der Waals surface area contributed by atoms with Crippen LogP contribution in [0.4, 0.5) is 13.6 Å². The van der Waals surface area contributed by atoms with Crippen molar-refractivity contribution < 1.29 is 23.2 Å². The smallest absolute Gasteiger partial charge is 0.292 e. The summed E-state index contributed by atoms with van der Waals surface area (Å²) in [4.78, 5) is 37.5. The lowest BCUT2D eigenvalue weighted by Gasteiger charge is -2.11. The zero-order chi connectivity index (χ0) is 18.0. The van der Waals surface area contributed by atoms with Gasteiger partial charge in [0.25, 0.3) is 11.1 Å². The van der Waals surface area contributed by atoms with Gasteiger partial charge < -0.3 is 0 Å². The fourth-order valence-corrected chi connectivity index (χ4v) is 3.09. The molecule has 0 aliphatic carbocycles. The predicted molar refractivity (Wildman–Crippen MR) is 89.8 cm³/mol. The topological polar surface area (TPSA) is 54.5 Å². The fourth-order valence-electron chi connectivity index (χ4n) is 2.25. The van der Waals surface area contributed by atoms with Crippen LogP contribution in [0.15, 0.2) is 53.4 Å². The molecule has 7 heteroatoms. The van der Waals surface area contributed by atoms with Crippen LogP contribution in [0.25, 0.3) is 6.08 Å². The Morgan fingerprint density at radius 3 is 2.44 bits per heavy atom. The highest BCUT2D eigenvalue weighted by Crippen LogP contribution is 2.32. The average Bonchev–Trinajstić information content (AvgIpc) is 2.83. The number of carbonyl (C=O) groups excluding carboxylic acids is 3. The molecule has 3 rings (SSSR count). The van der Waals surface area contributed by atoms with Crippen LogP contribution in [0.5, 0.6) is 0 Å². The highest BCUT2D eigenvalue weighted by Gasteiger charge is 2.36. The summed E-state index contributed by atoms with van der Waals surface area (Å²) in [6.07, 6.45) is 1.40. The van der Waals surface area contributed by atoms with Crippen molar-refractivity contribution in [3.05, 3.63) is 76.2 Å². The van der Waals surface area contributed by atoms with E-state index in [1.807, 2.05) is 0 Å². The predicted octanol–water partition coefficient (Wildman–Crippen LogP) is 3.88. The van der Waals surface area contributed by atoms with Crippen LogP contribution < -0.4 is 0 Å². The van der Waals surface area contributed by atoms with Crippen molar-refractivity contribution in [3.8, 4) is 0 Å². The number of nitrogens with zero attached hydrogens (tertiary/aromatic N) is 1. The molecule has 126 valence electrons. The molecule has 1 aliphatic rings. The maximum absolute atomic E-state index is 13.2. The van der Waals surface area contributed by atoms with E-state index in [1.54, 1.807) is 6.07 Å². The number of amides is 2. The van der Waals surface area contributed by atoms with Crippen molar-refractivity contribution >= 4 is 34.8 Å². The molecule has 0 aromatic heterocycles. The molecule has 0 saturated carbocycles. The van der Waals surface area contributed by atoms with Crippen molar-refractivity contribution in [2.75, 3.05) is 6.54 Å². The van der Waals surface area contributed by atoms with Crippen LogP contribution in [-0.2, 0) is 4.79 Å². The summed E-state index contributed by atoms with van der Waals surface area (Å²) in [5.41, 5.74) is 0.643. The molecule has 0 N–H and O–H groups in total. The molecule has 0 radical (unpaired) electrons. The molecule has 0 atom stereocenters. The SMILES string of the molecule is O=C(CN1C(=O)S/C(=C/c2cccc(F)c2)C1=O)c1ccc(F)cc1. The van der Waals surface area contributed by atoms with Gasteiger partial charge in [-0.05, 0) is 59.8 Å². The number of ketones is 1. The highest BCUT2D eigenvalue weighted by atomic mass is 32.2. The van der Waals surface area contributed by atoms with Crippen LogP contribution >= 0.6 is 11.8 Å². The second-order valence-electron chi connectivity index (χ2n) is 5.25. The minimum absolute atomic E-state index is 0.113. The van der Waals surface area contributed by atoms with E-state index >= 15 is 0 Å². The third-order valence-electron chi connectivity index (χ3n) is 3.49. The third kappa shape index (κ3) is 3.83. The number of Topliss-reactive ketones (excluding diaryl/α,β-unsaturated/α-hetero) is 1. The number of thioether (sulfide) groups is 1. The second-order valence-corrected chi connectivity index (χ2v) is 6.25. The molecule has 1 saturated heterocycles. The Hall–Kier alpha value is -2.80. The van der Waals surface area contributed by atoms with Crippen LogP contribution in [0.1, 0.15) is 15.9 Å². The zero-order valence-electron chi connectivity index (χ0n) is 12.7. The minimum atomic E-state index is -0.616. The Morgan fingerprint density at radius 2 is 1.76 bits per heavy atom. The maximum atomic E-state index is 13.2. The molecule has 1 aliphatic heterocycles. The summed E-state index contributed by atoms with van der Waals surface area (Å²) in [6, 6.07) is 10.4. The zero-order valence-corrected chi connectivity index (χ0v) is 13.6. The van der Waals surface area contributed by atoms with E-state index in [2.05, 4.69) is 0 Å². The Bertz CT molecular complexity index is 893. The first-order valence-corrected chi connectivity index (χ1v) is 8.05. The lowest BCUT2D eigenvalue weighted by Crippen LogP contribution is -2.33. The first kappa shape index (κ1) is 17.0. The molecule has 1 heterocycles. The van der Waals surface area contributed by atoms with Gasteiger partial charge in [0.05, 0.1) is 11.4 Å². The van der Waals surface area contributed by atoms with Crippen LogP contribution in [0.2, 0.25) is 0 Å². The van der Waals surface area contributed by atoms with E-state index < -0.39 is 35.1 Å². The highest BCUT2D eigenvalue weighted by molar-refractivity contribution is 8.18. The number of hydrogen-bond acceptors (Lipinski definition) is 4. The van der Waals surface area contributed by atoms with Crippen molar-refractivity contribution in [3.63, 3.8) is 0 Å². The Balaban J connectivity index is 1.77. The Morgan fingerprint density at radius 1 is 1.04 bits per heavy atom. The average molecular weight is 359 g/mol. The lowest BCUT2D eigenvalue weighted by atomic mass is 10.1. The van der Waals surface area contributed by atoms with Gasteiger partial charge in [-0.15, -0.1) is 0 Å². The molecule has 0 bridgehead atoms. The van der Waals surface area contributed by atoms with Gasteiger partial charge in [-0.1, -0.05) is 12.1 Å². The normalized spacial score (nSPS) is 15.9. The van der Waals surface area contributed by atoms with E-state index in [0.717, 1.165) is 17.0 Å². The summed E-state index contributed by atoms with van der Waals surface area (Å²) >= 11 is 0.686. The number of carbonyl (C=O) groups is 3.